The number of carbonyl (C=O) groups is 2. The molecule has 0 unspecified atom stereocenters. The van der Waals surface area contributed by atoms with Crippen molar-refractivity contribution in [2.45, 2.75) is 25.8 Å². The molecule has 0 radical (unpaired) electrons. The van der Waals surface area contributed by atoms with Crippen LogP contribution < -0.4 is 5.32 Å². The van der Waals surface area contributed by atoms with E-state index in [0.29, 0.717) is 18.0 Å². The van der Waals surface area contributed by atoms with Gasteiger partial charge in [-0.15, -0.1) is 0 Å². The van der Waals surface area contributed by atoms with Crippen LogP contribution in [0.15, 0.2) is 18.3 Å². The molecule has 17 heavy (non-hydrogen) atoms. The Kier molecular flexibility index (Phi) is 3.37. The molecule has 1 amide bonds. The van der Waals surface area contributed by atoms with Crippen molar-refractivity contribution in [3.63, 3.8) is 0 Å². The number of rotatable bonds is 5. The van der Waals surface area contributed by atoms with Crippen molar-refractivity contribution in [3.05, 3.63) is 29.6 Å². The van der Waals surface area contributed by atoms with Gasteiger partial charge in [0.2, 0.25) is 5.91 Å². The number of pyridine rings is 1. The van der Waals surface area contributed by atoms with Crippen LogP contribution in [0.4, 0.5) is 0 Å². The van der Waals surface area contributed by atoms with E-state index in [-0.39, 0.29) is 18.0 Å². The molecule has 90 valence electrons. The number of carboxylic acids is 1. The summed E-state index contributed by atoms with van der Waals surface area (Å²) in [6.07, 6.45) is 4.28. The summed E-state index contributed by atoms with van der Waals surface area (Å²) in [5, 5.41) is 11.5. The predicted molar refractivity (Wildman–Crippen MR) is 60.4 cm³/mol. The van der Waals surface area contributed by atoms with E-state index in [1.807, 2.05) is 0 Å². The van der Waals surface area contributed by atoms with Gasteiger partial charge >= 0.3 is 5.97 Å². The fourth-order valence-corrected chi connectivity index (χ4v) is 1.55. The molecule has 1 heterocycles. The van der Waals surface area contributed by atoms with E-state index in [1.54, 1.807) is 0 Å². The Bertz CT molecular complexity index is 441. The lowest BCUT2D eigenvalue weighted by molar-refractivity contribution is -0.121. The minimum atomic E-state index is -0.988. The average molecular weight is 234 g/mol. The maximum atomic E-state index is 11.4. The molecule has 1 saturated carbocycles. The maximum Gasteiger partial charge on any atom is 0.335 e. The highest BCUT2D eigenvalue weighted by Crippen LogP contribution is 2.32. The molecule has 0 atom stereocenters. The Morgan fingerprint density at radius 1 is 1.47 bits per heavy atom. The number of aromatic nitrogens is 1. The Morgan fingerprint density at radius 3 is 2.88 bits per heavy atom. The summed E-state index contributed by atoms with van der Waals surface area (Å²) in [6, 6.07) is 2.90. The quantitative estimate of drug-likeness (QED) is 0.802. The fourth-order valence-electron chi connectivity index (χ4n) is 1.55. The second-order valence-corrected chi connectivity index (χ2v) is 4.27. The van der Waals surface area contributed by atoms with Gasteiger partial charge in [0.25, 0.3) is 0 Å². The van der Waals surface area contributed by atoms with Crippen molar-refractivity contribution in [1.29, 1.82) is 0 Å². The summed E-state index contributed by atoms with van der Waals surface area (Å²) in [5.41, 5.74) is 0.750. The standard InChI is InChI=1S/C12H14N2O3/c15-11(5-8-1-2-8)14-7-10-6-9(12(16)17)3-4-13-10/h3-4,6,8H,1-2,5,7H2,(H,14,15)(H,16,17). The fraction of sp³-hybridized carbons (Fsp3) is 0.417. The van der Waals surface area contributed by atoms with E-state index < -0.39 is 5.97 Å². The van der Waals surface area contributed by atoms with E-state index in [2.05, 4.69) is 10.3 Å². The smallest absolute Gasteiger partial charge is 0.335 e. The number of amides is 1. The number of hydrogen-bond donors (Lipinski definition) is 2. The van der Waals surface area contributed by atoms with Gasteiger partial charge in [0.1, 0.15) is 0 Å². The zero-order valence-corrected chi connectivity index (χ0v) is 9.35. The van der Waals surface area contributed by atoms with Crippen LogP contribution in [0.25, 0.3) is 0 Å². The van der Waals surface area contributed by atoms with Gasteiger partial charge in [-0.25, -0.2) is 4.79 Å². The van der Waals surface area contributed by atoms with Gasteiger partial charge in [0.15, 0.2) is 0 Å². The summed E-state index contributed by atoms with van der Waals surface area (Å²) in [5.74, 6) is -0.429. The summed E-state index contributed by atoms with van der Waals surface area (Å²) in [6.45, 7) is 0.284. The summed E-state index contributed by atoms with van der Waals surface area (Å²) < 4.78 is 0. The zero-order chi connectivity index (χ0) is 12.3. The third kappa shape index (κ3) is 3.55. The van der Waals surface area contributed by atoms with Crippen LogP contribution in [0.3, 0.4) is 0 Å². The lowest BCUT2D eigenvalue weighted by atomic mass is 10.2. The van der Waals surface area contributed by atoms with Crippen LogP contribution in [-0.4, -0.2) is 22.0 Å². The monoisotopic (exact) mass is 234 g/mol. The highest BCUT2D eigenvalue weighted by Gasteiger charge is 2.24. The van der Waals surface area contributed by atoms with Crippen LogP contribution in [0.5, 0.6) is 0 Å². The summed E-state index contributed by atoms with van der Waals surface area (Å²) in [4.78, 5) is 26.2. The highest BCUT2D eigenvalue weighted by atomic mass is 16.4. The highest BCUT2D eigenvalue weighted by molar-refractivity contribution is 5.87. The first-order valence-electron chi connectivity index (χ1n) is 5.60. The number of nitrogens with zero attached hydrogens (tertiary/aromatic N) is 1. The molecule has 2 rings (SSSR count). The molecule has 2 N–H and O–H groups in total. The molecule has 1 aliphatic rings. The van der Waals surface area contributed by atoms with Gasteiger partial charge in [0.05, 0.1) is 17.8 Å². The molecule has 1 aliphatic carbocycles. The van der Waals surface area contributed by atoms with E-state index in [0.717, 1.165) is 12.8 Å². The molecule has 5 heteroatoms. The number of hydrogen-bond acceptors (Lipinski definition) is 3. The van der Waals surface area contributed by atoms with E-state index in [9.17, 15) is 9.59 Å². The molecule has 0 saturated heterocycles. The third-order valence-electron chi connectivity index (χ3n) is 2.70. The van der Waals surface area contributed by atoms with Gasteiger partial charge in [0, 0.05) is 12.6 Å². The number of carbonyl (C=O) groups excluding carboxylic acids is 1. The van der Waals surface area contributed by atoms with Crippen LogP contribution in [0, 0.1) is 5.92 Å². The average Bonchev–Trinajstić information content (AvgIpc) is 3.11. The predicted octanol–water partition coefficient (Wildman–Crippen LogP) is 1.20. The van der Waals surface area contributed by atoms with Crippen molar-refractivity contribution in [2.24, 2.45) is 5.92 Å². The van der Waals surface area contributed by atoms with Crippen LogP contribution in [0.2, 0.25) is 0 Å². The first-order chi connectivity index (χ1) is 8.15. The second-order valence-electron chi connectivity index (χ2n) is 4.27. The molecule has 0 spiro atoms. The van der Waals surface area contributed by atoms with Crippen molar-refractivity contribution in [2.75, 3.05) is 0 Å². The number of aromatic carboxylic acids is 1. The number of nitrogens with one attached hydrogen (secondary N) is 1. The second kappa shape index (κ2) is 4.95. The van der Waals surface area contributed by atoms with Crippen LogP contribution >= 0.6 is 0 Å². The summed E-state index contributed by atoms with van der Waals surface area (Å²) >= 11 is 0. The first kappa shape index (κ1) is 11.6. The summed E-state index contributed by atoms with van der Waals surface area (Å²) in [7, 11) is 0. The molecule has 1 aromatic rings. The molecule has 1 fully saturated rings. The lowest BCUT2D eigenvalue weighted by Gasteiger charge is -2.04. The van der Waals surface area contributed by atoms with Crippen molar-refractivity contribution >= 4 is 11.9 Å². The van der Waals surface area contributed by atoms with E-state index >= 15 is 0 Å². The van der Waals surface area contributed by atoms with E-state index in [4.69, 9.17) is 5.11 Å². The lowest BCUT2D eigenvalue weighted by Crippen LogP contribution is -2.23. The van der Waals surface area contributed by atoms with Crippen molar-refractivity contribution < 1.29 is 14.7 Å². The Hall–Kier alpha value is -1.91. The third-order valence-corrected chi connectivity index (χ3v) is 2.70. The topological polar surface area (TPSA) is 79.3 Å². The molecular weight excluding hydrogens is 220 g/mol. The molecule has 0 aromatic carbocycles. The van der Waals surface area contributed by atoms with Gasteiger partial charge in [-0.2, -0.15) is 0 Å². The van der Waals surface area contributed by atoms with Crippen LogP contribution in [-0.2, 0) is 11.3 Å². The molecule has 0 bridgehead atoms. The molecule has 5 nitrogen and oxygen atoms in total. The molecule has 0 aliphatic heterocycles. The Morgan fingerprint density at radius 2 is 2.24 bits per heavy atom. The minimum Gasteiger partial charge on any atom is -0.478 e. The molecular formula is C12H14N2O3. The number of carboxylic acid groups (broad SMARTS) is 1. The molecule has 1 aromatic heterocycles. The van der Waals surface area contributed by atoms with Gasteiger partial charge in [-0.05, 0) is 30.9 Å². The minimum absolute atomic E-state index is 0.00929. The van der Waals surface area contributed by atoms with Gasteiger partial charge < -0.3 is 10.4 Å². The van der Waals surface area contributed by atoms with Gasteiger partial charge in [-0.3, -0.25) is 9.78 Å². The van der Waals surface area contributed by atoms with Gasteiger partial charge in [-0.1, -0.05) is 0 Å². The largest absolute Gasteiger partial charge is 0.478 e. The van der Waals surface area contributed by atoms with Crippen molar-refractivity contribution in [3.8, 4) is 0 Å². The zero-order valence-electron chi connectivity index (χ0n) is 9.35. The van der Waals surface area contributed by atoms with Crippen molar-refractivity contribution in [1.82, 2.24) is 10.3 Å². The first-order valence-corrected chi connectivity index (χ1v) is 5.60. The van der Waals surface area contributed by atoms with Crippen LogP contribution in [0.1, 0.15) is 35.3 Å². The Balaban J connectivity index is 1.87. The normalized spacial score (nSPS) is 14.4. The maximum absolute atomic E-state index is 11.4. The SMILES string of the molecule is O=C(CC1CC1)NCc1cc(C(=O)O)ccn1. The van der Waals surface area contributed by atoms with E-state index in [1.165, 1.54) is 18.3 Å². The Labute approximate surface area is 98.9 Å².